The molecule has 0 unspecified atom stereocenters. The molecule has 0 amide bonds. The molecule has 0 atom stereocenters. The van der Waals surface area contributed by atoms with Crippen LogP contribution >= 0.6 is 0 Å². The molecule has 0 spiro atoms. The fourth-order valence-corrected chi connectivity index (χ4v) is 2.25. The van der Waals surface area contributed by atoms with Gasteiger partial charge < -0.3 is 19.9 Å². The molecule has 0 saturated carbocycles. The van der Waals surface area contributed by atoms with Crippen LogP contribution in [0.5, 0.6) is 17.2 Å². The Labute approximate surface area is 118 Å². The molecule has 0 saturated heterocycles. The van der Waals surface area contributed by atoms with Crippen molar-refractivity contribution in [1.29, 1.82) is 0 Å². The first-order chi connectivity index (χ1) is 9.83. The summed E-state index contributed by atoms with van der Waals surface area (Å²) in [6, 6.07) is 13.2. The Morgan fingerprint density at radius 3 is 2.75 bits per heavy atom. The van der Waals surface area contributed by atoms with E-state index in [1.807, 2.05) is 30.3 Å². The molecule has 2 N–H and O–H groups in total. The van der Waals surface area contributed by atoms with Crippen molar-refractivity contribution in [3.8, 4) is 17.2 Å². The molecule has 0 fully saturated rings. The smallest absolute Gasteiger partial charge is 0.231 e. The number of phenols is 1. The topological polar surface area (TPSA) is 50.7 Å². The van der Waals surface area contributed by atoms with Gasteiger partial charge in [0.05, 0.1) is 0 Å². The molecule has 2 aromatic rings. The van der Waals surface area contributed by atoms with Gasteiger partial charge in [0.15, 0.2) is 11.5 Å². The largest absolute Gasteiger partial charge is 0.508 e. The van der Waals surface area contributed by atoms with Gasteiger partial charge in [-0.05, 0) is 36.7 Å². The van der Waals surface area contributed by atoms with Crippen LogP contribution in [0.4, 0.5) is 0 Å². The highest BCUT2D eigenvalue weighted by Crippen LogP contribution is 2.35. The third kappa shape index (κ3) is 2.86. The Morgan fingerprint density at radius 2 is 1.90 bits per heavy atom. The summed E-state index contributed by atoms with van der Waals surface area (Å²) in [7, 11) is 0. The lowest BCUT2D eigenvalue weighted by Gasteiger charge is -2.08. The summed E-state index contributed by atoms with van der Waals surface area (Å²) >= 11 is 0. The van der Waals surface area contributed by atoms with Gasteiger partial charge in [-0.3, -0.25) is 0 Å². The number of ether oxygens (including phenoxy) is 2. The summed E-state index contributed by atoms with van der Waals surface area (Å²) in [5.74, 6) is 1.98. The zero-order valence-corrected chi connectivity index (χ0v) is 11.1. The number of benzene rings is 2. The van der Waals surface area contributed by atoms with Gasteiger partial charge in [-0.2, -0.15) is 0 Å². The first-order valence-electron chi connectivity index (χ1n) is 6.69. The summed E-state index contributed by atoms with van der Waals surface area (Å²) in [5.41, 5.74) is 2.32. The minimum absolute atomic E-state index is 0.304. The molecular weight excluding hydrogens is 254 g/mol. The minimum atomic E-state index is 0.304. The maximum absolute atomic E-state index is 9.23. The third-order valence-electron chi connectivity index (χ3n) is 3.32. The second-order valence-corrected chi connectivity index (χ2v) is 4.74. The number of aromatic hydroxyl groups is 1. The maximum Gasteiger partial charge on any atom is 0.231 e. The van der Waals surface area contributed by atoms with Crippen molar-refractivity contribution in [3.63, 3.8) is 0 Å². The Balaban J connectivity index is 1.51. The van der Waals surface area contributed by atoms with Crippen molar-refractivity contribution in [2.75, 3.05) is 13.3 Å². The van der Waals surface area contributed by atoms with E-state index in [2.05, 4.69) is 5.32 Å². The van der Waals surface area contributed by atoms with Crippen molar-refractivity contribution < 1.29 is 14.6 Å². The Kier molecular flexibility index (Phi) is 3.74. The molecule has 0 aromatic heterocycles. The van der Waals surface area contributed by atoms with Gasteiger partial charge in [0.2, 0.25) is 6.79 Å². The van der Waals surface area contributed by atoms with E-state index in [-0.39, 0.29) is 0 Å². The van der Waals surface area contributed by atoms with E-state index in [0.717, 1.165) is 36.6 Å². The van der Waals surface area contributed by atoms with Crippen LogP contribution in [0.3, 0.4) is 0 Å². The van der Waals surface area contributed by atoms with Gasteiger partial charge in [0, 0.05) is 12.1 Å². The first-order valence-corrected chi connectivity index (χ1v) is 6.69. The van der Waals surface area contributed by atoms with Crippen LogP contribution in [0.2, 0.25) is 0 Å². The van der Waals surface area contributed by atoms with E-state index < -0.39 is 0 Å². The SMILES string of the molecule is Oc1ccc(CCNCc2cccc3c2OCO3)cc1. The number of phenolic OH excluding ortho intramolecular Hbond substituents is 1. The predicted molar refractivity (Wildman–Crippen MR) is 76.1 cm³/mol. The third-order valence-corrected chi connectivity index (χ3v) is 3.32. The number of para-hydroxylation sites is 1. The summed E-state index contributed by atoms with van der Waals surface area (Å²) in [4.78, 5) is 0. The quantitative estimate of drug-likeness (QED) is 0.820. The van der Waals surface area contributed by atoms with E-state index in [4.69, 9.17) is 9.47 Å². The normalized spacial score (nSPS) is 12.6. The highest BCUT2D eigenvalue weighted by Gasteiger charge is 2.16. The fourth-order valence-electron chi connectivity index (χ4n) is 2.25. The van der Waals surface area contributed by atoms with E-state index in [0.29, 0.717) is 12.5 Å². The standard InChI is InChI=1S/C16H17NO3/c18-14-6-4-12(5-7-14)8-9-17-10-13-2-1-3-15-16(13)20-11-19-15/h1-7,17-18H,8-11H2. The van der Waals surface area contributed by atoms with Crippen molar-refractivity contribution in [3.05, 3.63) is 53.6 Å². The van der Waals surface area contributed by atoms with E-state index >= 15 is 0 Å². The van der Waals surface area contributed by atoms with E-state index in [1.165, 1.54) is 5.56 Å². The molecule has 0 radical (unpaired) electrons. The monoisotopic (exact) mass is 271 g/mol. The summed E-state index contributed by atoms with van der Waals surface area (Å²) < 4.78 is 10.8. The Morgan fingerprint density at radius 1 is 1.05 bits per heavy atom. The molecule has 4 nitrogen and oxygen atoms in total. The molecule has 1 heterocycles. The van der Waals surface area contributed by atoms with Crippen LogP contribution < -0.4 is 14.8 Å². The number of fused-ring (bicyclic) bond motifs is 1. The molecular formula is C16H17NO3. The molecule has 1 aliphatic heterocycles. The number of nitrogens with one attached hydrogen (secondary N) is 1. The predicted octanol–water partition coefficient (Wildman–Crippen LogP) is 2.45. The zero-order valence-electron chi connectivity index (χ0n) is 11.1. The number of hydrogen-bond acceptors (Lipinski definition) is 4. The second-order valence-electron chi connectivity index (χ2n) is 4.74. The van der Waals surface area contributed by atoms with Gasteiger partial charge in [0.1, 0.15) is 5.75 Å². The molecule has 1 aliphatic rings. The molecule has 2 aromatic carbocycles. The molecule has 0 aliphatic carbocycles. The van der Waals surface area contributed by atoms with Crippen LogP contribution in [0.25, 0.3) is 0 Å². The van der Waals surface area contributed by atoms with Crippen molar-refractivity contribution in [2.45, 2.75) is 13.0 Å². The second kappa shape index (κ2) is 5.84. The van der Waals surface area contributed by atoms with Crippen LogP contribution in [0.15, 0.2) is 42.5 Å². The van der Waals surface area contributed by atoms with Crippen LogP contribution in [-0.2, 0) is 13.0 Å². The lowest BCUT2D eigenvalue weighted by Crippen LogP contribution is -2.16. The number of hydrogen-bond donors (Lipinski definition) is 2. The van der Waals surface area contributed by atoms with Crippen LogP contribution in [0.1, 0.15) is 11.1 Å². The Hall–Kier alpha value is -2.20. The van der Waals surface area contributed by atoms with Crippen LogP contribution in [-0.4, -0.2) is 18.4 Å². The van der Waals surface area contributed by atoms with Gasteiger partial charge in [-0.1, -0.05) is 24.3 Å². The maximum atomic E-state index is 9.23. The highest BCUT2D eigenvalue weighted by atomic mass is 16.7. The summed E-state index contributed by atoms with van der Waals surface area (Å²) in [6.07, 6.45) is 0.923. The lowest BCUT2D eigenvalue weighted by atomic mass is 10.1. The van der Waals surface area contributed by atoms with Crippen molar-refractivity contribution >= 4 is 0 Å². The highest BCUT2D eigenvalue weighted by molar-refractivity contribution is 5.48. The molecule has 20 heavy (non-hydrogen) atoms. The van der Waals surface area contributed by atoms with Crippen LogP contribution in [0, 0.1) is 0 Å². The van der Waals surface area contributed by atoms with Gasteiger partial charge in [-0.25, -0.2) is 0 Å². The fraction of sp³-hybridized carbons (Fsp3) is 0.250. The lowest BCUT2D eigenvalue weighted by molar-refractivity contribution is 0.173. The van der Waals surface area contributed by atoms with Gasteiger partial charge in [0.25, 0.3) is 0 Å². The summed E-state index contributed by atoms with van der Waals surface area (Å²) in [5, 5.41) is 12.6. The molecule has 4 heteroatoms. The van der Waals surface area contributed by atoms with E-state index in [1.54, 1.807) is 12.1 Å². The zero-order chi connectivity index (χ0) is 13.8. The van der Waals surface area contributed by atoms with Crippen molar-refractivity contribution in [2.24, 2.45) is 0 Å². The average molecular weight is 271 g/mol. The minimum Gasteiger partial charge on any atom is -0.508 e. The van der Waals surface area contributed by atoms with Gasteiger partial charge >= 0.3 is 0 Å². The van der Waals surface area contributed by atoms with Crippen molar-refractivity contribution in [1.82, 2.24) is 5.32 Å². The first kappa shape index (κ1) is 12.8. The van der Waals surface area contributed by atoms with Gasteiger partial charge in [-0.15, -0.1) is 0 Å². The van der Waals surface area contributed by atoms with E-state index in [9.17, 15) is 5.11 Å². The molecule has 3 rings (SSSR count). The summed E-state index contributed by atoms with van der Waals surface area (Å²) in [6.45, 7) is 1.93. The molecule has 0 bridgehead atoms. The molecule has 104 valence electrons. The Bertz CT molecular complexity index is 581. The number of rotatable bonds is 5. The average Bonchev–Trinajstić information content (AvgIpc) is 2.94.